The van der Waals surface area contributed by atoms with Crippen LogP contribution in [0.5, 0.6) is 5.88 Å². The lowest BCUT2D eigenvalue weighted by atomic mass is 10.2. The number of rotatable bonds is 7. The Hall–Kier alpha value is -3.14. The van der Waals surface area contributed by atoms with Gasteiger partial charge in [-0.15, -0.1) is 10.2 Å². The number of hydrogen-bond acceptors (Lipinski definition) is 9. The third-order valence-corrected chi connectivity index (χ3v) is 5.67. The normalized spacial score (nSPS) is 18.1. The lowest BCUT2D eigenvalue weighted by Gasteiger charge is -2.09. The van der Waals surface area contributed by atoms with Gasteiger partial charge in [0, 0.05) is 35.9 Å². The van der Waals surface area contributed by atoms with Crippen molar-refractivity contribution in [3.05, 3.63) is 52.1 Å². The summed E-state index contributed by atoms with van der Waals surface area (Å²) in [6, 6.07) is 5.78. The molecule has 1 N–H and O–H groups in total. The zero-order chi connectivity index (χ0) is 19.8. The summed E-state index contributed by atoms with van der Waals surface area (Å²) < 4.78 is 7.75. The molecule has 0 aliphatic heterocycles. The first-order valence-corrected chi connectivity index (χ1v) is 10.3. The molecule has 0 unspecified atom stereocenters. The summed E-state index contributed by atoms with van der Waals surface area (Å²) in [6.45, 7) is 4.99. The van der Waals surface area contributed by atoms with Gasteiger partial charge in [-0.05, 0) is 26.3 Å². The molecule has 0 saturated heterocycles. The van der Waals surface area contributed by atoms with Crippen LogP contribution in [-0.4, -0.2) is 41.4 Å². The van der Waals surface area contributed by atoms with Crippen molar-refractivity contribution in [1.29, 1.82) is 0 Å². The highest BCUT2D eigenvalue weighted by Gasteiger charge is 2.40. The molecule has 4 aromatic rings. The van der Waals surface area contributed by atoms with Gasteiger partial charge in [0.15, 0.2) is 5.65 Å². The number of nitrogens with one attached hydrogen (secondary N) is 1. The van der Waals surface area contributed by atoms with Gasteiger partial charge in [-0.1, -0.05) is 11.3 Å². The van der Waals surface area contributed by atoms with Crippen LogP contribution in [0.15, 0.2) is 30.6 Å². The van der Waals surface area contributed by atoms with Crippen molar-refractivity contribution >= 4 is 22.8 Å². The summed E-state index contributed by atoms with van der Waals surface area (Å²) in [6.07, 6.45) is 4.79. The zero-order valence-corrected chi connectivity index (χ0v) is 16.9. The van der Waals surface area contributed by atoms with E-state index in [1.165, 1.54) is 0 Å². The average molecular weight is 408 g/mol. The predicted molar refractivity (Wildman–Crippen MR) is 108 cm³/mol. The van der Waals surface area contributed by atoms with E-state index >= 15 is 0 Å². The second-order valence-electron chi connectivity index (χ2n) is 7.11. The Kier molecular flexibility index (Phi) is 4.55. The minimum absolute atomic E-state index is 0.427. The molecule has 0 bridgehead atoms. The van der Waals surface area contributed by atoms with Gasteiger partial charge in [-0.3, -0.25) is 0 Å². The Labute approximate surface area is 171 Å². The smallest absolute Gasteiger partial charge is 0.218 e. The summed E-state index contributed by atoms with van der Waals surface area (Å²) in [5.41, 5.74) is 1.97. The fraction of sp³-hybridized carbons (Fsp3) is 0.368. The van der Waals surface area contributed by atoms with E-state index in [1.807, 2.05) is 38.2 Å². The van der Waals surface area contributed by atoms with Crippen LogP contribution in [0.4, 0.5) is 5.82 Å². The minimum atomic E-state index is 0.427. The highest BCUT2D eigenvalue weighted by Crippen LogP contribution is 2.46. The van der Waals surface area contributed by atoms with Crippen LogP contribution in [0.25, 0.3) is 5.65 Å². The number of aryl methyl sites for hydroxylation is 2. The number of hydrogen-bond donors (Lipinski definition) is 1. The molecular weight excluding hydrogens is 388 g/mol. The summed E-state index contributed by atoms with van der Waals surface area (Å²) in [5, 5.41) is 17.5. The number of aromatic nitrogens is 7. The van der Waals surface area contributed by atoms with E-state index in [2.05, 4.69) is 35.6 Å². The van der Waals surface area contributed by atoms with Crippen molar-refractivity contribution < 1.29 is 4.74 Å². The predicted octanol–water partition coefficient (Wildman–Crippen LogP) is 2.78. The van der Waals surface area contributed by atoms with Crippen molar-refractivity contribution in [1.82, 2.24) is 34.8 Å². The molecule has 4 aromatic heterocycles. The van der Waals surface area contributed by atoms with Gasteiger partial charge in [0.25, 0.3) is 0 Å². The van der Waals surface area contributed by atoms with Crippen molar-refractivity contribution in [2.24, 2.45) is 5.92 Å². The molecular formula is C19H20N8OS. The maximum atomic E-state index is 5.97. The lowest BCUT2D eigenvalue weighted by molar-refractivity contribution is 0.284. The van der Waals surface area contributed by atoms with E-state index in [0.717, 1.165) is 33.6 Å². The molecule has 10 heteroatoms. The van der Waals surface area contributed by atoms with E-state index in [4.69, 9.17) is 4.74 Å². The van der Waals surface area contributed by atoms with Gasteiger partial charge in [0.1, 0.15) is 21.7 Å². The molecule has 0 radical (unpaired) electrons. The van der Waals surface area contributed by atoms with Gasteiger partial charge < -0.3 is 10.1 Å². The fourth-order valence-electron chi connectivity index (χ4n) is 3.30. The molecule has 29 heavy (non-hydrogen) atoms. The molecule has 4 heterocycles. The second-order valence-corrected chi connectivity index (χ2v) is 8.37. The standard InChI is InChI=1S/C19H20N8OS/c1-11-22-16(20-9-19-26-25-12(2)29-19)8-18(23-11)28-10-13-7-14(13)15-4-6-27-17(24-15)3-5-21-27/h3-6,8,13-14H,7,9-10H2,1-2H3,(H,20,22,23)/t13-,14+/m1/s1. The molecule has 1 aliphatic carbocycles. The minimum Gasteiger partial charge on any atom is -0.477 e. The summed E-state index contributed by atoms with van der Waals surface area (Å²) in [5.74, 6) is 2.84. The van der Waals surface area contributed by atoms with Gasteiger partial charge >= 0.3 is 0 Å². The molecule has 2 atom stereocenters. The van der Waals surface area contributed by atoms with Crippen molar-refractivity contribution in [3.8, 4) is 5.88 Å². The third-order valence-electron chi connectivity index (χ3n) is 4.83. The number of nitrogens with zero attached hydrogens (tertiary/aromatic N) is 7. The van der Waals surface area contributed by atoms with Crippen molar-refractivity contribution in [2.45, 2.75) is 32.7 Å². The zero-order valence-electron chi connectivity index (χ0n) is 16.1. The van der Waals surface area contributed by atoms with Crippen LogP contribution in [0.1, 0.15) is 33.9 Å². The SMILES string of the molecule is Cc1nc(NCc2nnc(C)s2)cc(OC[C@H]2C[C@@H]2c2ccn3nccc3n2)n1. The average Bonchev–Trinajstić information content (AvgIpc) is 3.11. The Morgan fingerprint density at radius 1 is 1.21 bits per heavy atom. The fourth-order valence-corrected chi connectivity index (χ4v) is 3.95. The molecule has 1 fully saturated rings. The topological polar surface area (TPSA) is 103 Å². The molecule has 5 rings (SSSR count). The molecule has 0 amide bonds. The molecule has 1 saturated carbocycles. The second kappa shape index (κ2) is 7.36. The van der Waals surface area contributed by atoms with Crippen LogP contribution in [0, 0.1) is 19.8 Å². The van der Waals surface area contributed by atoms with Crippen LogP contribution < -0.4 is 10.1 Å². The Morgan fingerprint density at radius 2 is 2.14 bits per heavy atom. The monoisotopic (exact) mass is 408 g/mol. The van der Waals surface area contributed by atoms with Gasteiger partial charge in [-0.2, -0.15) is 10.1 Å². The summed E-state index contributed by atoms with van der Waals surface area (Å²) in [4.78, 5) is 13.5. The van der Waals surface area contributed by atoms with Crippen LogP contribution in [-0.2, 0) is 6.54 Å². The number of anilines is 1. The van der Waals surface area contributed by atoms with Crippen LogP contribution in [0.2, 0.25) is 0 Å². The first kappa shape index (κ1) is 17.9. The molecule has 9 nitrogen and oxygen atoms in total. The van der Waals surface area contributed by atoms with E-state index in [0.29, 0.717) is 36.7 Å². The van der Waals surface area contributed by atoms with E-state index in [-0.39, 0.29) is 0 Å². The first-order valence-electron chi connectivity index (χ1n) is 9.46. The van der Waals surface area contributed by atoms with Gasteiger partial charge in [0.2, 0.25) is 5.88 Å². The molecule has 0 aromatic carbocycles. The number of fused-ring (bicyclic) bond motifs is 1. The number of ether oxygens (including phenoxy) is 1. The highest BCUT2D eigenvalue weighted by molar-refractivity contribution is 7.11. The Balaban J connectivity index is 1.19. The largest absolute Gasteiger partial charge is 0.477 e. The maximum absolute atomic E-state index is 5.97. The van der Waals surface area contributed by atoms with Crippen LogP contribution >= 0.6 is 11.3 Å². The Morgan fingerprint density at radius 3 is 3.00 bits per heavy atom. The van der Waals surface area contributed by atoms with E-state index in [9.17, 15) is 0 Å². The van der Waals surface area contributed by atoms with Gasteiger partial charge in [0.05, 0.1) is 19.3 Å². The van der Waals surface area contributed by atoms with E-state index in [1.54, 1.807) is 22.0 Å². The van der Waals surface area contributed by atoms with Crippen LogP contribution in [0.3, 0.4) is 0 Å². The van der Waals surface area contributed by atoms with Crippen molar-refractivity contribution in [2.75, 3.05) is 11.9 Å². The van der Waals surface area contributed by atoms with Crippen molar-refractivity contribution in [3.63, 3.8) is 0 Å². The molecule has 0 spiro atoms. The molecule has 148 valence electrons. The van der Waals surface area contributed by atoms with Gasteiger partial charge in [-0.25, -0.2) is 14.5 Å². The summed E-state index contributed by atoms with van der Waals surface area (Å²) >= 11 is 1.57. The molecule has 1 aliphatic rings. The van der Waals surface area contributed by atoms with E-state index < -0.39 is 0 Å². The lowest BCUT2D eigenvalue weighted by Crippen LogP contribution is -2.07. The quantitative estimate of drug-likeness (QED) is 0.498. The highest BCUT2D eigenvalue weighted by atomic mass is 32.1. The first-order chi connectivity index (χ1) is 14.1. The Bertz CT molecular complexity index is 1160. The maximum Gasteiger partial charge on any atom is 0.218 e. The third kappa shape index (κ3) is 4.02. The summed E-state index contributed by atoms with van der Waals surface area (Å²) in [7, 11) is 0.